The number of para-hydroxylation sites is 2. The minimum atomic E-state index is -0.0224. The number of aromatic nitrogens is 2. The summed E-state index contributed by atoms with van der Waals surface area (Å²) in [6.07, 6.45) is 0.711. The van der Waals surface area contributed by atoms with Gasteiger partial charge in [-0.3, -0.25) is 4.79 Å². The first-order valence-corrected chi connectivity index (χ1v) is 10.7. The lowest BCUT2D eigenvalue weighted by Crippen LogP contribution is -2.27. The Morgan fingerprint density at radius 2 is 1.90 bits per heavy atom. The second-order valence-electron chi connectivity index (χ2n) is 6.61. The highest BCUT2D eigenvalue weighted by Crippen LogP contribution is 2.27. The van der Waals surface area contributed by atoms with E-state index >= 15 is 0 Å². The Hall–Kier alpha value is -2.71. The van der Waals surface area contributed by atoms with Crippen LogP contribution in [-0.2, 0) is 22.5 Å². The quantitative estimate of drug-likeness (QED) is 0.472. The molecule has 0 aliphatic carbocycles. The highest BCUT2D eigenvalue weighted by molar-refractivity contribution is 7.99. The molecule has 0 aliphatic rings. The van der Waals surface area contributed by atoms with Gasteiger partial charge in [0.25, 0.3) is 0 Å². The zero-order chi connectivity index (χ0) is 21.3. The minimum Gasteiger partial charge on any atom is -0.493 e. The summed E-state index contributed by atoms with van der Waals surface area (Å²) in [7, 11) is 4.90. The lowest BCUT2D eigenvalue weighted by molar-refractivity contribution is -0.118. The molecule has 2 aromatic carbocycles. The van der Waals surface area contributed by atoms with Crippen LogP contribution in [0.4, 0.5) is 0 Å². The first-order chi connectivity index (χ1) is 14.7. The topological polar surface area (TPSA) is 74.6 Å². The highest BCUT2D eigenvalue weighted by Gasteiger charge is 2.13. The van der Waals surface area contributed by atoms with Crippen molar-refractivity contribution in [3.63, 3.8) is 0 Å². The third kappa shape index (κ3) is 5.46. The number of thioether (sulfide) groups is 1. The van der Waals surface area contributed by atoms with Crippen molar-refractivity contribution < 1.29 is 19.0 Å². The summed E-state index contributed by atoms with van der Waals surface area (Å²) in [5.41, 5.74) is 3.04. The van der Waals surface area contributed by atoms with E-state index in [-0.39, 0.29) is 5.91 Å². The Morgan fingerprint density at radius 3 is 2.67 bits per heavy atom. The molecule has 8 heteroatoms. The van der Waals surface area contributed by atoms with Gasteiger partial charge < -0.3 is 24.1 Å². The van der Waals surface area contributed by atoms with Gasteiger partial charge in [0.15, 0.2) is 16.7 Å². The van der Waals surface area contributed by atoms with Crippen molar-refractivity contribution in [2.75, 3.05) is 40.2 Å². The molecular formula is C22H27N3O4S. The number of imidazole rings is 1. The van der Waals surface area contributed by atoms with E-state index in [0.29, 0.717) is 43.4 Å². The molecule has 3 rings (SSSR count). The molecule has 0 aliphatic heterocycles. The number of amides is 1. The number of hydrogen-bond donors (Lipinski definition) is 1. The van der Waals surface area contributed by atoms with Crippen molar-refractivity contribution in [2.24, 2.45) is 0 Å². The number of hydrogen-bond acceptors (Lipinski definition) is 6. The zero-order valence-electron chi connectivity index (χ0n) is 17.5. The van der Waals surface area contributed by atoms with Crippen LogP contribution in [0.1, 0.15) is 5.56 Å². The number of fused-ring (bicyclic) bond motifs is 1. The molecule has 0 radical (unpaired) electrons. The molecule has 0 fully saturated rings. The van der Waals surface area contributed by atoms with Crippen molar-refractivity contribution in [3.05, 3.63) is 48.0 Å². The van der Waals surface area contributed by atoms with Gasteiger partial charge in [0.1, 0.15) is 0 Å². The summed E-state index contributed by atoms with van der Waals surface area (Å²) in [5.74, 6) is 1.66. The molecule has 1 heterocycles. The number of nitrogens with one attached hydrogen (secondary N) is 1. The van der Waals surface area contributed by atoms with Crippen molar-refractivity contribution >= 4 is 28.7 Å². The fraction of sp³-hybridized carbons (Fsp3) is 0.364. The van der Waals surface area contributed by atoms with Crippen LogP contribution in [0.3, 0.4) is 0 Å². The van der Waals surface area contributed by atoms with E-state index in [1.54, 1.807) is 21.3 Å². The summed E-state index contributed by atoms with van der Waals surface area (Å²) in [6, 6.07) is 13.7. The second-order valence-corrected chi connectivity index (χ2v) is 7.55. The van der Waals surface area contributed by atoms with Gasteiger partial charge in [0.2, 0.25) is 5.91 Å². The summed E-state index contributed by atoms with van der Waals surface area (Å²) in [4.78, 5) is 17.0. The molecule has 0 unspecified atom stereocenters. The molecule has 0 saturated carbocycles. The zero-order valence-corrected chi connectivity index (χ0v) is 18.3. The van der Waals surface area contributed by atoms with E-state index in [4.69, 9.17) is 14.2 Å². The van der Waals surface area contributed by atoms with Crippen LogP contribution in [-0.4, -0.2) is 55.7 Å². The Kier molecular flexibility index (Phi) is 7.98. The lowest BCUT2D eigenvalue weighted by Gasteiger charge is -2.10. The van der Waals surface area contributed by atoms with Gasteiger partial charge in [-0.25, -0.2) is 4.98 Å². The van der Waals surface area contributed by atoms with E-state index in [9.17, 15) is 4.79 Å². The minimum absolute atomic E-state index is 0.0224. The van der Waals surface area contributed by atoms with Crippen LogP contribution >= 0.6 is 11.8 Å². The molecule has 0 atom stereocenters. The number of benzene rings is 2. The number of nitrogens with zero attached hydrogens (tertiary/aromatic N) is 2. The highest BCUT2D eigenvalue weighted by atomic mass is 32.2. The predicted molar refractivity (Wildman–Crippen MR) is 119 cm³/mol. The van der Waals surface area contributed by atoms with Crippen LogP contribution in [0.15, 0.2) is 47.6 Å². The molecular weight excluding hydrogens is 402 g/mol. The molecule has 30 heavy (non-hydrogen) atoms. The number of ether oxygens (including phenoxy) is 3. The summed E-state index contributed by atoms with van der Waals surface area (Å²) < 4.78 is 17.9. The lowest BCUT2D eigenvalue weighted by atomic mass is 10.1. The maximum atomic E-state index is 12.3. The van der Waals surface area contributed by atoms with Crippen LogP contribution < -0.4 is 14.8 Å². The first kappa shape index (κ1) is 22.0. The predicted octanol–water partition coefficient (Wildman–Crippen LogP) is 3.15. The van der Waals surface area contributed by atoms with Crippen LogP contribution in [0.2, 0.25) is 0 Å². The van der Waals surface area contributed by atoms with E-state index in [1.165, 1.54) is 11.8 Å². The van der Waals surface area contributed by atoms with Crippen molar-refractivity contribution in [3.8, 4) is 11.5 Å². The standard InChI is InChI=1S/C22H27N3O4S/c1-27-13-12-25-18-7-5-4-6-17(18)24-22(25)30-15-21(26)23-11-10-16-8-9-19(28-2)20(14-16)29-3/h4-9,14H,10-13,15H2,1-3H3,(H,23,26). The van der Waals surface area contributed by atoms with Gasteiger partial charge in [-0.15, -0.1) is 0 Å². The molecule has 1 amide bonds. The van der Waals surface area contributed by atoms with Gasteiger partial charge in [-0.05, 0) is 36.2 Å². The summed E-state index contributed by atoms with van der Waals surface area (Å²) in [5, 5.41) is 3.79. The number of methoxy groups -OCH3 is 3. The molecule has 7 nitrogen and oxygen atoms in total. The largest absolute Gasteiger partial charge is 0.493 e. The fourth-order valence-corrected chi connectivity index (χ4v) is 4.00. The average molecular weight is 430 g/mol. The molecule has 1 N–H and O–H groups in total. The van der Waals surface area contributed by atoms with E-state index in [2.05, 4.69) is 14.9 Å². The summed E-state index contributed by atoms with van der Waals surface area (Å²) >= 11 is 1.44. The molecule has 160 valence electrons. The van der Waals surface area contributed by atoms with Crippen LogP contribution in [0.25, 0.3) is 11.0 Å². The Labute approximate surface area is 180 Å². The summed E-state index contributed by atoms with van der Waals surface area (Å²) in [6.45, 7) is 1.83. The normalized spacial score (nSPS) is 10.9. The molecule has 0 spiro atoms. The van der Waals surface area contributed by atoms with Crippen LogP contribution in [0.5, 0.6) is 11.5 Å². The number of rotatable bonds is 11. The third-order valence-electron chi connectivity index (χ3n) is 4.65. The number of carbonyl (C=O) groups excluding carboxylic acids is 1. The monoisotopic (exact) mass is 429 g/mol. The Bertz CT molecular complexity index is 990. The van der Waals surface area contributed by atoms with Crippen molar-refractivity contribution in [1.82, 2.24) is 14.9 Å². The average Bonchev–Trinajstić information content (AvgIpc) is 3.13. The van der Waals surface area contributed by atoms with Gasteiger partial charge in [0.05, 0.1) is 37.6 Å². The number of carbonyl (C=O) groups is 1. The molecule has 0 bridgehead atoms. The maximum absolute atomic E-state index is 12.3. The van der Waals surface area contributed by atoms with Crippen molar-refractivity contribution in [2.45, 2.75) is 18.1 Å². The van der Waals surface area contributed by atoms with Gasteiger partial charge in [-0.2, -0.15) is 0 Å². The van der Waals surface area contributed by atoms with E-state index in [1.807, 2.05) is 42.5 Å². The first-order valence-electron chi connectivity index (χ1n) is 9.71. The van der Waals surface area contributed by atoms with E-state index in [0.717, 1.165) is 21.8 Å². The fourth-order valence-electron chi connectivity index (χ4n) is 3.13. The maximum Gasteiger partial charge on any atom is 0.230 e. The van der Waals surface area contributed by atoms with Crippen molar-refractivity contribution in [1.29, 1.82) is 0 Å². The van der Waals surface area contributed by atoms with Gasteiger partial charge in [-0.1, -0.05) is 30.0 Å². The Balaban J connectivity index is 1.54. The van der Waals surface area contributed by atoms with Crippen LogP contribution in [0, 0.1) is 0 Å². The van der Waals surface area contributed by atoms with Gasteiger partial charge in [0, 0.05) is 20.2 Å². The molecule has 0 saturated heterocycles. The SMILES string of the molecule is COCCn1c(SCC(=O)NCCc2ccc(OC)c(OC)c2)nc2ccccc21. The second kappa shape index (κ2) is 10.9. The molecule has 3 aromatic rings. The molecule has 1 aromatic heterocycles. The van der Waals surface area contributed by atoms with Gasteiger partial charge >= 0.3 is 0 Å². The van der Waals surface area contributed by atoms with E-state index < -0.39 is 0 Å². The smallest absolute Gasteiger partial charge is 0.230 e. The Morgan fingerprint density at radius 1 is 1.10 bits per heavy atom. The third-order valence-corrected chi connectivity index (χ3v) is 5.63.